The van der Waals surface area contributed by atoms with E-state index in [2.05, 4.69) is 5.32 Å². The molecule has 1 N–H and O–H groups in total. The zero-order valence-corrected chi connectivity index (χ0v) is 19.0. The molecule has 0 aliphatic carbocycles. The van der Waals surface area contributed by atoms with Crippen molar-refractivity contribution in [2.45, 2.75) is 17.4 Å². The van der Waals surface area contributed by atoms with Gasteiger partial charge in [0.05, 0.1) is 11.2 Å². The minimum atomic E-state index is -3.41. The number of piperazine rings is 1. The fraction of sp³-hybridized carbons (Fsp3) is 0.500. The molecule has 2 aliphatic heterocycles. The van der Waals surface area contributed by atoms with Crippen LogP contribution in [0.3, 0.4) is 0 Å². The molecule has 1 aromatic rings. The van der Waals surface area contributed by atoms with Gasteiger partial charge in [0.2, 0.25) is 15.9 Å². The van der Waals surface area contributed by atoms with Crippen LogP contribution in [-0.2, 0) is 35.0 Å². The van der Waals surface area contributed by atoms with Crippen LogP contribution in [0.15, 0.2) is 29.2 Å². The van der Waals surface area contributed by atoms with E-state index in [1.807, 2.05) is 0 Å². The molecule has 0 saturated carbocycles. The van der Waals surface area contributed by atoms with E-state index in [-0.39, 0.29) is 31.1 Å². The van der Waals surface area contributed by atoms with Crippen molar-refractivity contribution in [2.75, 3.05) is 45.2 Å². The van der Waals surface area contributed by atoms with E-state index >= 15 is 0 Å². The Morgan fingerprint density at radius 1 is 1.00 bits per heavy atom. The number of benzene rings is 1. The molecule has 31 heavy (non-hydrogen) atoms. The van der Waals surface area contributed by atoms with Crippen LogP contribution >= 0.6 is 0 Å². The molecule has 11 nitrogen and oxygen atoms in total. The molecular formula is C18H24N4O7S2. The molecular weight excluding hydrogens is 448 g/mol. The molecule has 170 valence electrons. The van der Waals surface area contributed by atoms with E-state index in [1.54, 1.807) is 0 Å². The highest BCUT2D eigenvalue weighted by atomic mass is 32.2. The number of amides is 4. The number of nitrogens with zero attached hydrogens (tertiary/aromatic N) is 3. The molecule has 2 saturated heterocycles. The maximum Gasteiger partial charge on any atom is 0.325 e. The summed E-state index contributed by atoms with van der Waals surface area (Å²) in [5.74, 6) is -1.10. The Bertz CT molecular complexity index is 1120. The average molecular weight is 473 g/mol. The second-order valence-electron chi connectivity index (χ2n) is 7.79. The largest absolute Gasteiger partial charge is 0.338 e. The van der Waals surface area contributed by atoms with Crippen LogP contribution in [0.2, 0.25) is 0 Å². The highest BCUT2D eigenvalue weighted by Crippen LogP contribution is 2.29. The first-order valence-electron chi connectivity index (χ1n) is 9.41. The van der Waals surface area contributed by atoms with E-state index in [1.165, 1.54) is 40.4 Å². The summed E-state index contributed by atoms with van der Waals surface area (Å²) in [6.45, 7) is 1.64. The van der Waals surface area contributed by atoms with Gasteiger partial charge in [0.15, 0.2) is 9.84 Å². The van der Waals surface area contributed by atoms with Gasteiger partial charge in [-0.25, -0.2) is 21.6 Å². The Morgan fingerprint density at radius 2 is 1.55 bits per heavy atom. The molecule has 0 bridgehead atoms. The van der Waals surface area contributed by atoms with E-state index in [0.29, 0.717) is 5.56 Å². The molecule has 2 aliphatic rings. The fourth-order valence-corrected chi connectivity index (χ4v) is 5.03. The fourth-order valence-electron chi connectivity index (χ4n) is 3.58. The first kappa shape index (κ1) is 23.2. The summed E-state index contributed by atoms with van der Waals surface area (Å²) < 4.78 is 47.7. The number of urea groups is 1. The summed E-state index contributed by atoms with van der Waals surface area (Å²) in [6, 6.07) is 4.87. The van der Waals surface area contributed by atoms with Crippen LogP contribution in [-0.4, -0.2) is 94.0 Å². The average Bonchev–Trinajstić information content (AvgIpc) is 2.91. The van der Waals surface area contributed by atoms with Crippen LogP contribution in [0.5, 0.6) is 0 Å². The molecule has 0 radical (unpaired) electrons. The SMILES string of the molecule is CC1(c2ccc(S(C)(=O)=O)cc2)NC(=O)N(CC(=O)N2CCN(S(C)(=O)=O)CC2)C1=O. The van der Waals surface area contributed by atoms with Gasteiger partial charge in [-0.2, -0.15) is 4.31 Å². The Balaban J connectivity index is 1.71. The van der Waals surface area contributed by atoms with Crippen LogP contribution in [0, 0.1) is 0 Å². The van der Waals surface area contributed by atoms with Crippen molar-refractivity contribution in [3.63, 3.8) is 0 Å². The summed E-state index contributed by atoms with van der Waals surface area (Å²) >= 11 is 0. The minimum Gasteiger partial charge on any atom is -0.338 e. The van der Waals surface area contributed by atoms with E-state index in [0.717, 1.165) is 17.4 Å². The molecule has 1 unspecified atom stereocenters. The van der Waals surface area contributed by atoms with Crippen LogP contribution in [0.1, 0.15) is 12.5 Å². The van der Waals surface area contributed by atoms with E-state index in [9.17, 15) is 31.2 Å². The third-order valence-corrected chi connectivity index (χ3v) is 7.92. The molecule has 0 spiro atoms. The predicted octanol–water partition coefficient (Wildman–Crippen LogP) is -1.04. The molecule has 2 heterocycles. The second-order valence-corrected chi connectivity index (χ2v) is 11.8. The molecule has 1 atom stereocenters. The Kier molecular flexibility index (Phi) is 5.88. The normalized spacial score (nSPS) is 23.2. The highest BCUT2D eigenvalue weighted by molar-refractivity contribution is 7.90. The van der Waals surface area contributed by atoms with E-state index < -0.39 is 49.8 Å². The monoisotopic (exact) mass is 472 g/mol. The Hall–Kier alpha value is -2.51. The lowest BCUT2D eigenvalue weighted by Crippen LogP contribution is -2.53. The standard InChI is InChI=1S/C18H24N4O7S2/c1-18(13-4-6-14(7-5-13)30(2,26)27)16(24)22(17(25)19-18)12-15(23)20-8-10-21(11-9-20)31(3,28)29/h4-7H,8-12H2,1-3H3,(H,19,25). The predicted molar refractivity (Wildman–Crippen MR) is 110 cm³/mol. The lowest BCUT2D eigenvalue weighted by molar-refractivity contribution is -0.139. The number of nitrogens with one attached hydrogen (secondary N) is 1. The summed E-state index contributed by atoms with van der Waals surface area (Å²) in [5, 5.41) is 2.57. The number of rotatable bonds is 5. The van der Waals surface area contributed by atoms with Crippen LogP contribution in [0.25, 0.3) is 0 Å². The van der Waals surface area contributed by atoms with Gasteiger partial charge in [-0.1, -0.05) is 12.1 Å². The van der Waals surface area contributed by atoms with Crippen molar-refractivity contribution in [1.82, 2.24) is 19.4 Å². The van der Waals surface area contributed by atoms with Gasteiger partial charge in [0.1, 0.15) is 12.1 Å². The number of sulfonamides is 1. The maximum atomic E-state index is 13.0. The smallest absolute Gasteiger partial charge is 0.325 e. The molecule has 4 amide bonds. The van der Waals surface area contributed by atoms with Crippen LogP contribution in [0.4, 0.5) is 4.79 Å². The van der Waals surface area contributed by atoms with Crippen molar-refractivity contribution in [3.05, 3.63) is 29.8 Å². The summed E-state index contributed by atoms with van der Waals surface area (Å²) in [6.07, 6.45) is 2.16. The van der Waals surface area contributed by atoms with Gasteiger partial charge in [0, 0.05) is 32.4 Å². The number of carbonyl (C=O) groups is 3. The van der Waals surface area contributed by atoms with Gasteiger partial charge in [-0.05, 0) is 24.6 Å². The highest BCUT2D eigenvalue weighted by Gasteiger charge is 2.49. The summed E-state index contributed by atoms with van der Waals surface area (Å²) in [4.78, 5) is 40.4. The molecule has 3 rings (SSSR count). The van der Waals surface area contributed by atoms with Crippen molar-refractivity contribution in [3.8, 4) is 0 Å². The zero-order valence-electron chi connectivity index (χ0n) is 17.4. The number of sulfone groups is 1. The van der Waals surface area contributed by atoms with Gasteiger partial charge in [0.25, 0.3) is 5.91 Å². The number of hydrogen-bond donors (Lipinski definition) is 1. The zero-order chi connectivity index (χ0) is 23.2. The molecule has 13 heteroatoms. The minimum absolute atomic E-state index is 0.0805. The topological polar surface area (TPSA) is 141 Å². The van der Waals surface area contributed by atoms with Gasteiger partial charge >= 0.3 is 6.03 Å². The Labute approximate surface area is 180 Å². The van der Waals surface area contributed by atoms with Crippen molar-refractivity contribution >= 4 is 37.7 Å². The van der Waals surface area contributed by atoms with Crippen molar-refractivity contribution in [1.29, 1.82) is 0 Å². The van der Waals surface area contributed by atoms with Crippen LogP contribution < -0.4 is 5.32 Å². The second kappa shape index (κ2) is 7.88. The molecule has 1 aromatic carbocycles. The third kappa shape index (κ3) is 4.57. The van der Waals surface area contributed by atoms with Gasteiger partial charge < -0.3 is 10.2 Å². The van der Waals surface area contributed by atoms with E-state index in [4.69, 9.17) is 0 Å². The number of imide groups is 1. The quantitative estimate of drug-likeness (QED) is 0.540. The number of carbonyl (C=O) groups excluding carboxylic acids is 3. The van der Waals surface area contributed by atoms with Crippen molar-refractivity contribution < 1.29 is 31.2 Å². The van der Waals surface area contributed by atoms with Gasteiger partial charge in [-0.15, -0.1) is 0 Å². The lowest BCUT2D eigenvalue weighted by Gasteiger charge is -2.33. The summed E-state index contributed by atoms with van der Waals surface area (Å²) in [7, 11) is -6.76. The first-order chi connectivity index (χ1) is 14.2. The lowest BCUT2D eigenvalue weighted by atomic mass is 9.92. The molecule has 0 aromatic heterocycles. The summed E-state index contributed by atoms with van der Waals surface area (Å²) in [5.41, 5.74) is -1.06. The maximum absolute atomic E-state index is 13.0. The Morgan fingerprint density at radius 3 is 2.03 bits per heavy atom. The third-order valence-electron chi connectivity index (χ3n) is 5.49. The molecule has 2 fully saturated rings. The van der Waals surface area contributed by atoms with Gasteiger partial charge in [-0.3, -0.25) is 14.5 Å². The van der Waals surface area contributed by atoms with Crippen molar-refractivity contribution in [2.24, 2.45) is 0 Å². The first-order valence-corrected chi connectivity index (χ1v) is 13.1. The number of hydrogen-bond acceptors (Lipinski definition) is 7.